The van der Waals surface area contributed by atoms with E-state index in [2.05, 4.69) is 54.2 Å². The monoisotopic (exact) mass is 290 g/mol. The van der Waals surface area contributed by atoms with Gasteiger partial charge in [-0.05, 0) is 56.8 Å². The Bertz CT molecular complexity index is 541. The number of aromatic nitrogens is 1. The topological polar surface area (TPSA) is 19.0 Å². The van der Waals surface area contributed by atoms with E-state index in [1.165, 1.54) is 48.8 Å². The summed E-state index contributed by atoms with van der Waals surface area (Å²) < 4.78 is 0. The first kappa shape index (κ1) is 15.5. The summed E-state index contributed by atoms with van der Waals surface area (Å²) >= 11 is 0. The van der Waals surface area contributed by atoms with Crippen molar-refractivity contribution in [1.29, 1.82) is 0 Å². The molecule has 1 aliphatic heterocycles. The fraction of sp³-hybridized carbons (Fsp3) is 0.529. The van der Waals surface area contributed by atoms with Crippen LogP contribution < -0.4 is 0 Å². The SMILES string of the molecule is CCC(C)N1CCC(c2c[nH]c3ccccc23)CC1.S. The number of aromatic amines is 1. The molecule has 0 radical (unpaired) electrons. The van der Waals surface area contributed by atoms with E-state index in [0.29, 0.717) is 0 Å². The third kappa shape index (κ3) is 2.89. The van der Waals surface area contributed by atoms with E-state index >= 15 is 0 Å². The maximum atomic E-state index is 3.42. The van der Waals surface area contributed by atoms with Crippen molar-refractivity contribution in [1.82, 2.24) is 9.88 Å². The van der Waals surface area contributed by atoms with E-state index in [1.807, 2.05) is 0 Å². The molecule has 0 amide bonds. The second-order valence-corrected chi connectivity index (χ2v) is 5.86. The van der Waals surface area contributed by atoms with Crippen LogP contribution in [0, 0.1) is 0 Å². The fourth-order valence-electron chi connectivity index (χ4n) is 3.34. The second-order valence-electron chi connectivity index (χ2n) is 5.86. The Balaban J connectivity index is 0.00000147. The molecule has 1 aromatic carbocycles. The van der Waals surface area contributed by atoms with E-state index in [0.717, 1.165) is 12.0 Å². The first-order valence-electron chi connectivity index (χ1n) is 7.59. The molecule has 1 saturated heterocycles. The van der Waals surface area contributed by atoms with E-state index in [4.69, 9.17) is 0 Å². The van der Waals surface area contributed by atoms with Gasteiger partial charge < -0.3 is 9.88 Å². The van der Waals surface area contributed by atoms with Crippen molar-refractivity contribution in [2.75, 3.05) is 13.1 Å². The number of fused-ring (bicyclic) bond motifs is 1. The first-order valence-corrected chi connectivity index (χ1v) is 7.59. The Morgan fingerprint density at radius 3 is 2.65 bits per heavy atom. The van der Waals surface area contributed by atoms with Gasteiger partial charge in [-0.25, -0.2) is 0 Å². The van der Waals surface area contributed by atoms with Crippen LogP contribution in [0.25, 0.3) is 10.9 Å². The highest BCUT2D eigenvalue weighted by Gasteiger charge is 2.24. The van der Waals surface area contributed by atoms with Gasteiger partial charge in [0.15, 0.2) is 0 Å². The normalized spacial score (nSPS) is 18.9. The van der Waals surface area contributed by atoms with Crippen LogP contribution in [0.3, 0.4) is 0 Å². The van der Waals surface area contributed by atoms with Crippen LogP contribution in [0.1, 0.15) is 44.6 Å². The van der Waals surface area contributed by atoms with Gasteiger partial charge in [0.2, 0.25) is 0 Å². The van der Waals surface area contributed by atoms with Crippen molar-refractivity contribution >= 4 is 24.4 Å². The van der Waals surface area contributed by atoms with Gasteiger partial charge in [-0.1, -0.05) is 25.1 Å². The summed E-state index contributed by atoms with van der Waals surface area (Å²) in [6, 6.07) is 9.42. The molecule has 1 unspecified atom stereocenters. The Morgan fingerprint density at radius 2 is 1.95 bits per heavy atom. The molecule has 2 heterocycles. The van der Waals surface area contributed by atoms with E-state index < -0.39 is 0 Å². The third-order valence-electron chi connectivity index (χ3n) is 4.80. The molecule has 3 heteroatoms. The molecule has 0 saturated carbocycles. The minimum atomic E-state index is 0. The summed E-state index contributed by atoms with van der Waals surface area (Å²) in [6.07, 6.45) is 6.09. The highest BCUT2D eigenvalue weighted by atomic mass is 32.1. The van der Waals surface area contributed by atoms with Crippen molar-refractivity contribution in [3.8, 4) is 0 Å². The molecule has 2 aromatic rings. The fourth-order valence-corrected chi connectivity index (χ4v) is 3.34. The minimum absolute atomic E-state index is 0. The summed E-state index contributed by atoms with van der Waals surface area (Å²) in [5.74, 6) is 0.733. The van der Waals surface area contributed by atoms with Crippen LogP contribution in [-0.2, 0) is 0 Å². The Labute approximate surface area is 129 Å². The highest BCUT2D eigenvalue weighted by molar-refractivity contribution is 7.59. The molecule has 1 atom stereocenters. The van der Waals surface area contributed by atoms with Gasteiger partial charge in [0.1, 0.15) is 0 Å². The van der Waals surface area contributed by atoms with Crippen molar-refractivity contribution in [3.63, 3.8) is 0 Å². The number of hydrogen-bond donors (Lipinski definition) is 1. The maximum absolute atomic E-state index is 3.42. The molecule has 2 nitrogen and oxygen atoms in total. The van der Waals surface area contributed by atoms with E-state index in [-0.39, 0.29) is 13.5 Å². The highest BCUT2D eigenvalue weighted by Crippen LogP contribution is 2.33. The number of benzene rings is 1. The summed E-state index contributed by atoms with van der Waals surface area (Å²) in [6.45, 7) is 7.14. The summed E-state index contributed by atoms with van der Waals surface area (Å²) in [4.78, 5) is 6.06. The van der Waals surface area contributed by atoms with Crippen LogP contribution >= 0.6 is 13.5 Å². The molecule has 1 aliphatic rings. The molecule has 1 aromatic heterocycles. The third-order valence-corrected chi connectivity index (χ3v) is 4.80. The van der Waals surface area contributed by atoms with Gasteiger partial charge in [0.25, 0.3) is 0 Å². The lowest BCUT2D eigenvalue weighted by molar-refractivity contribution is 0.158. The Morgan fingerprint density at radius 1 is 1.25 bits per heavy atom. The molecule has 3 rings (SSSR count). The largest absolute Gasteiger partial charge is 0.361 e. The molecule has 0 aliphatic carbocycles. The van der Waals surface area contributed by atoms with E-state index in [9.17, 15) is 0 Å². The molecule has 20 heavy (non-hydrogen) atoms. The van der Waals surface area contributed by atoms with Crippen LogP contribution in [0.15, 0.2) is 30.5 Å². The van der Waals surface area contributed by atoms with Crippen molar-refractivity contribution < 1.29 is 0 Å². The van der Waals surface area contributed by atoms with Crippen LogP contribution in [-0.4, -0.2) is 29.0 Å². The van der Waals surface area contributed by atoms with E-state index in [1.54, 1.807) is 0 Å². The molecule has 0 bridgehead atoms. The lowest BCUT2D eigenvalue weighted by atomic mass is 9.88. The quantitative estimate of drug-likeness (QED) is 0.895. The lowest BCUT2D eigenvalue weighted by Gasteiger charge is -2.35. The van der Waals surface area contributed by atoms with Crippen LogP contribution in [0.2, 0.25) is 0 Å². The smallest absolute Gasteiger partial charge is 0.0456 e. The number of rotatable bonds is 3. The number of para-hydroxylation sites is 1. The molecular weight excluding hydrogens is 264 g/mol. The van der Waals surface area contributed by atoms with Crippen molar-refractivity contribution in [2.24, 2.45) is 0 Å². The predicted octanol–water partition coefficient (Wildman–Crippen LogP) is 4.26. The minimum Gasteiger partial charge on any atom is -0.361 e. The van der Waals surface area contributed by atoms with Gasteiger partial charge in [0, 0.05) is 23.1 Å². The molecule has 0 spiro atoms. The van der Waals surface area contributed by atoms with Gasteiger partial charge in [-0.3, -0.25) is 0 Å². The average Bonchev–Trinajstić information content (AvgIpc) is 2.90. The zero-order valence-corrected chi connectivity index (χ0v) is 13.5. The number of nitrogens with zero attached hydrogens (tertiary/aromatic N) is 1. The number of hydrogen-bond acceptors (Lipinski definition) is 1. The number of piperidine rings is 1. The summed E-state index contributed by atoms with van der Waals surface area (Å²) in [5, 5.41) is 1.42. The Kier molecular flexibility index (Phi) is 5.17. The number of H-pyrrole nitrogens is 1. The summed E-state index contributed by atoms with van der Waals surface area (Å²) in [5.41, 5.74) is 2.81. The zero-order valence-electron chi connectivity index (χ0n) is 12.5. The zero-order chi connectivity index (χ0) is 13.2. The molecule has 110 valence electrons. The number of likely N-dealkylation sites (tertiary alicyclic amines) is 1. The van der Waals surface area contributed by atoms with Gasteiger partial charge in [-0.2, -0.15) is 13.5 Å². The van der Waals surface area contributed by atoms with Crippen LogP contribution in [0.5, 0.6) is 0 Å². The lowest BCUT2D eigenvalue weighted by Crippen LogP contribution is -2.39. The molecular formula is C17H26N2S. The standard InChI is InChI=1S/C17H24N2.H2S/c1-3-13(2)19-10-8-14(9-11-19)16-12-18-17-7-5-4-6-15(16)17;/h4-7,12-14,18H,3,8-11H2,1-2H3;1H2. The second kappa shape index (κ2) is 6.68. The summed E-state index contributed by atoms with van der Waals surface area (Å²) in [7, 11) is 0. The molecule has 1 fully saturated rings. The molecule has 1 N–H and O–H groups in total. The Hall–Kier alpha value is -0.930. The van der Waals surface area contributed by atoms with Gasteiger partial charge >= 0.3 is 0 Å². The first-order chi connectivity index (χ1) is 9.29. The average molecular weight is 290 g/mol. The maximum Gasteiger partial charge on any atom is 0.0456 e. The van der Waals surface area contributed by atoms with Gasteiger partial charge in [0.05, 0.1) is 0 Å². The predicted molar refractivity (Wildman–Crippen MR) is 92.0 cm³/mol. The van der Waals surface area contributed by atoms with Crippen molar-refractivity contribution in [3.05, 3.63) is 36.0 Å². The van der Waals surface area contributed by atoms with Crippen molar-refractivity contribution in [2.45, 2.75) is 45.1 Å². The van der Waals surface area contributed by atoms with Crippen LogP contribution in [0.4, 0.5) is 0 Å². The van der Waals surface area contributed by atoms with Gasteiger partial charge in [-0.15, -0.1) is 0 Å². The number of nitrogens with one attached hydrogen (secondary N) is 1.